The van der Waals surface area contributed by atoms with Crippen molar-refractivity contribution in [2.45, 2.75) is 54.4 Å². The summed E-state index contributed by atoms with van der Waals surface area (Å²) in [6.07, 6.45) is 2.89. The van der Waals surface area contributed by atoms with Crippen LogP contribution in [-0.4, -0.2) is 38.5 Å². The minimum absolute atomic E-state index is 0.0142. The molecule has 4 rings (SSSR count). The van der Waals surface area contributed by atoms with Crippen molar-refractivity contribution in [3.8, 4) is 0 Å². The Kier molecular flexibility index (Phi) is 3.07. The Hall–Kier alpha value is -1.04. The van der Waals surface area contributed by atoms with Crippen LogP contribution in [0.25, 0.3) is 0 Å². The number of hydrogen-bond acceptors (Lipinski definition) is 4. The second-order valence-electron chi connectivity index (χ2n) is 6.23. The van der Waals surface area contributed by atoms with Crippen LogP contribution in [0.1, 0.15) is 31.2 Å². The number of aryl methyl sites for hydroxylation is 1. The number of benzene rings is 1. The van der Waals surface area contributed by atoms with Gasteiger partial charge in [-0.1, -0.05) is 17.7 Å². The third-order valence-electron chi connectivity index (χ3n) is 5.05. The van der Waals surface area contributed by atoms with Crippen LogP contribution in [0.5, 0.6) is 0 Å². The summed E-state index contributed by atoms with van der Waals surface area (Å²) in [7, 11) is -1.35. The number of hydroxylamine groups is 2. The van der Waals surface area contributed by atoms with Crippen LogP contribution >= 0.6 is 0 Å². The highest BCUT2D eigenvalue weighted by atomic mass is 32.2. The first-order valence-electron chi connectivity index (χ1n) is 7.59. The fourth-order valence-corrected chi connectivity index (χ4v) is 6.01. The molecule has 0 radical (unpaired) electrons. The van der Waals surface area contributed by atoms with Gasteiger partial charge in [0.25, 0.3) is 0 Å². The molecule has 0 N–H and O–H groups in total. The molecule has 1 saturated carbocycles. The van der Waals surface area contributed by atoms with Gasteiger partial charge in [-0.3, -0.25) is 13.8 Å². The Labute approximate surface area is 126 Å². The molecule has 3 fully saturated rings. The number of rotatable bonds is 2. The van der Waals surface area contributed by atoms with Gasteiger partial charge in [0.1, 0.15) is 6.10 Å². The smallest absolute Gasteiger partial charge is 0.156 e. The van der Waals surface area contributed by atoms with Crippen molar-refractivity contribution in [1.82, 2.24) is 5.06 Å². The molecule has 1 aliphatic carbocycles. The summed E-state index contributed by atoms with van der Waals surface area (Å²) in [5.41, 5.74) is 1.13. The molecule has 1 unspecified atom stereocenters. The summed E-state index contributed by atoms with van der Waals surface area (Å²) in [6.45, 7) is 2.85. The lowest BCUT2D eigenvalue weighted by atomic mass is 9.94. The quantitative estimate of drug-likeness (QED) is 0.838. The molecule has 21 heavy (non-hydrogen) atoms. The van der Waals surface area contributed by atoms with Crippen LogP contribution in [0.15, 0.2) is 29.2 Å². The van der Waals surface area contributed by atoms with E-state index in [0.717, 1.165) is 29.8 Å². The molecule has 3 aliphatic rings. The first-order valence-corrected chi connectivity index (χ1v) is 8.74. The van der Waals surface area contributed by atoms with E-state index in [1.54, 1.807) is 0 Å². The van der Waals surface area contributed by atoms with Crippen LogP contribution < -0.4 is 0 Å². The van der Waals surface area contributed by atoms with Gasteiger partial charge in [-0.2, -0.15) is 5.06 Å². The fraction of sp³-hybridized carbons (Fsp3) is 0.562. The van der Waals surface area contributed by atoms with Crippen molar-refractivity contribution in [2.24, 2.45) is 0 Å². The number of Topliss-reactive ketones (excluding diaryl/α,β-unsaturated/α-hetero) is 1. The minimum Gasteiger partial charge on any atom is -0.298 e. The molecule has 5 heteroatoms. The van der Waals surface area contributed by atoms with Gasteiger partial charge in [0.2, 0.25) is 0 Å². The summed E-state index contributed by atoms with van der Waals surface area (Å²) in [4.78, 5) is 19.4. The molecule has 2 heterocycles. The third-order valence-corrected chi connectivity index (χ3v) is 7.13. The average Bonchev–Trinajstić information content (AvgIpc) is 3.11. The van der Waals surface area contributed by atoms with E-state index >= 15 is 0 Å². The van der Waals surface area contributed by atoms with Crippen molar-refractivity contribution in [3.05, 3.63) is 29.8 Å². The Balaban J connectivity index is 1.80. The van der Waals surface area contributed by atoms with Crippen LogP contribution in [-0.2, 0) is 20.4 Å². The molecular formula is C16H19NO3S. The molecule has 0 amide bonds. The normalized spacial score (nSPS) is 36.7. The average molecular weight is 305 g/mol. The van der Waals surface area contributed by atoms with Crippen molar-refractivity contribution in [2.75, 3.05) is 6.54 Å². The molecule has 4 nitrogen and oxygen atoms in total. The summed E-state index contributed by atoms with van der Waals surface area (Å²) < 4.78 is 12.5. The monoisotopic (exact) mass is 305 g/mol. The first-order chi connectivity index (χ1) is 10.1. The SMILES string of the molecule is Cc1ccc(S(=O)[C@]23C(=O)CC[C@H]2ON2CCC[C@H]23)cc1. The maximum Gasteiger partial charge on any atom is 0.156 e. The zero-order valence-corrected chi connectivity index (χ0v) is 12.9. The highest BCUT2D eigenvalue weighted by molar-refractivity contribution is 7.87. The predicted octanol–water partition coefficient (Wildman–Crippen LogP) is 1.98. The number of ketones is 1. The number of nitrogens with zero attached hydrogens (tertiary/aromatic N) is 1. The Morgan fingerprint density at radius 3 is 2.81 bits per heavy atom. The molecule has 0 aromatic heterocycles. The fourth-order valence-electron chi connectivity index (χ4n) is 4.04. The summed E-state index contributed by atoms with van der Waals surface area (Å²) in [5, 5.41) is 1.92. The topological polar surface area (TPSA) is 46.6 Å². The Morgan fingerprint density at radius 2 is 2.05 bits per heavy atom. The van der Waals surface area contributed by atoms with Gasteiger partial charge in [0, 0.05) is 17.9 Å². The lowest BCUT2D eigenvalue weighted by molar-refractivity contribution is -0.147. The lowest BCUT2D eigenvalue weighted by Crippen LogP contribution is -2.53. The van der Waals surface area contributed by atoms with Gasteiger partial charge in [-0.05, 0) is 38.3 Å². The lowest BCUT2D eigenvalue weighted by Gasteiger charge is -2.29. The standard InChI is InChI=1S/C16H19NO3S/c1-11-4-6-12(7-5-11)21(19)16-13-3-2-10-17(13)20-15(16)9-8-14(16)18/h4-7,13,15H,2-3,8-10H2,1H3/t13-,15+,16+,21?/m0/s1. The van der Waals surface area contributed by atoms with Crippen LogP contribution in [0, 0.1) is 6.92 Å². The van der Waals surface area contributed by atoms with Crippen molar-refractivity contribution >= 4 is 16.6 Å². The van der Waals surface area contributed by atoms with E-state index in [4.69, 9.17) is 4.84 Å². The maximum absolute atomic E-state index is 13.3. The molecule has 1 aromatic carbocycles. The van der Waals surface area contributed by atoms with E-state index in [0.29, 0.717) is 12.8 Å². The first kappa shape index (κ1) is 13.6. The van der Waals surface area contributed by atoms with Gasteiger partial charge in [0.05, 0.1) is 16.8 Å². The number of carbonyl (C=O) groups excluding carboxylic acids is 1. The molecule has 0 bridgehead atoms. The molecular weight excluding hydrogens is 286 g/mol. The van der Waals surface area contributed by atoms with Gasteiger partial charge in [-0.15, -0.1) is 0 Å². The molecule has 1 aromatic rings. The number of carbonyl (C=O) groups is 1. The summed E-state index contributed by atoms with van der Waals surface area (Å²) >= 11 is 0. The zero-order valence-electron chi connectivity index (χ0n) is 12.1. The second kappa shape index (κ2) is 4.73. The van der Waals surface area contributed by atoms with Crippen molar-refractivity contribution < 1.29 is 13.8 Å². The Bertz CT molecular complexity index is 614. The van der Waals surface area contributed by atoms with Gasteiger partial charge in [0.15, 0.2) is 10.5 Å². The minimum atomic E-state index is -1.35. The molecule has 4 atom stereocenters. The van der Waals surface area contributed by atoms with E-state index in [-0.39, 0.29) is 17.9 Å². The number of fused-ring (bicyclic) bond motifs is 3. The molecule has 0 spiro atoms. The largest absolute Gasteiger partial charge is 0.298 e. The second-order valence-corrected chi connectivity index (χ2v) is 7.91. The van der Waals surface area contributed by atoms with E-state index in [9.17, 15) is 9.00 Å². The Morgan fingerprint density at radius 1 is 1.29 bits per heavy atom. The van der Waals surface area contributed by atoms with Crippen LogP contribution in [0.4, 0.5) is 0 Å². The molecule has 112 valence electrons. The van der Waals surface area contributed by atoms with Gasteiger partial charge >= 0.3 is 0 Å². The highest BCUT2D eigenvalue weighted by Crippen LogP contribution is 2.50. The van der Waals surface area contributed by atoms with Crippen LogP contribution in [0.3, 0.4) is 0 Å². The van der Waals surface area contributed by atoms with E-state index in [1.807, 2.05) is 36.3 Å². The molecule has 2 saturated heterocycles. The van der Waals surface area contributed by atoms with E-state index in [1.165, 1.54) is 0 Å². The van der Waals surface area contributed by atoms with E-state index < -0.39 is 15.5 Å². The third kappa shape index (κ3) is 1.74. The van der Waals surface area contributed by atoms with Crippen LogP contribution in [0.2, 0.25) is 0 Å². The number of hydrogen-bond donors (Lipinski definition) is 0. The van der Waals surface area contributed by atoms with Crippen molar-refractivity contribution in [1.29, 1.82) is 0 Å². The summed E-state index contributed by atoms with van der Waals surface area (Å²) in [6, 6.07) is 7.68. The van der Waals surface area contributed by atoms with Gasteiger partial charge < -0.3 is 0 Å². The summed E-state index contributed by atoms with van der Waals surface area (Å²) in [5.74, 6) is 0.126. The molecule has 2 aliphatic heterocycles. The van der Waals surface area contributed by atoms with Gasteiger partial charge in [-0.25, -0.2) is 0 Å². The van der Waals surface area contributed by atoms with Crippen molar-refractivity contribution in [3.63, 3.8) is 0 Å². The maximum atomic E-state index is 13.3. The predicted molar refractivity (Wildman–Crippen MR) is 79.2 cm³/mol. The highest BCUT2D eigenvalue weighted by Gasteiger charge is 2.67. The van der Waals surface area contributed by atoms with E-state index in [2.05, 4.69) is 0 Å². The zero-order chi connectivity index (χ0) is 14.6.